The first-order chi connectivity index (χ1) is 8.96. The van der Waals surface area contributed by atoms with Crippen molar-refractivity contribution in [2.45, 2.75) is 26.7 Å². The molecule has 19 heavy (non-hydrogen) atoms. The van der Waals surface area contributed by atoms with E-state index in [0.29, 0.717) is 18.9 Å². The molecule has 1 unspecified atom stereocenters. The molecule has 0 aliphatic carbocycles. The van der Waals surface area contributed by atoms with Crippen LogP contribution in [-0.4, -0.2) is 25.4 Å². The van der Waals surface area contributed by atoms with Gasteiger partial charge in [0.1, 0.15) is 0 Å². The summed E-state index contributed by atoms with van der Waals surface area (Å²) in [5, 5.41) is 9.66. The highest BCUT2D eigenvalue weighted by Crippen LogP contribution is 2.30. The molecule has 0 saturated heterocycles. The molecule has 0 bridgehead atoms. The molecular formula is C15H24FNO2. The van der Waals surface area contributed by atoms with Crippen molar-refractivity contribution in [3.63, 3.8) is 0 Å². The number of aliphatic hydroxyl groups is 1. The fourth-order valence-corrected chi connectivity index (χ4v) is 2.53. The molecule has 0 amide bonds. The molecule has 0 fully saturated rings. The third kappa shape index (κ3) is 4.18. The quantitative estimate of drug-likeness (QED) is 0.799. The van der Waals surface area contributed by atoms with Crippen LogP contribution in [0.15, 0.2) is 18.2 Å². The van der Waals surface area contributed by atoms with Crippen LogP contribution in [0.25, 0.3) is 0 Å². The third-order valence-corrected chi connectivity index (χ3v) is 3.41. The van der Waals surface area contributed by atoms with E-state index in [1.807, 2.05) is 6.07 Å². The summed E-state index contributed by atoms with van der Waals surface area (Å²) < 4.78 is 18.6. The highest BCUT2D eigenvalue weighted by molar-refractivity contribution is 5.30. The second-order valence-corrected chi connectivity index (χ2v) is 5.61. The minimum absolute atomic E-state index is 0.00925. The van der Waals surface area contributed by atoms with Gasteiger partial charge in [0, 0.05) is 12.0 Å². The Labute approximate surface area is 114 Å². The van der Waals surface area contributed by atoms with E-state index < -0.39 is 0 Å². The summed E-state index contributed by atoms with van der Waals surface area (Å²) in [5.41, 5.74) is 6.28. The van der Waals surface area contributed by atoms with E-state index in [0.717, 1.165) is 12.0 Å². The van der Waals surface area contributed by atoms with Crippen LogP contribution >= 0.6 is 0 Å². The molecule has 0 radical (unpaired) electrons. The Balaban J connectivity index is 2.93. The number of hydrogen-bond donors (Lipinski definition) is 2. The summed E-state index contributed by atoms with van der Waals surface area (Å²) in [5.74, 6) is 0.280. The Morgan fingerprint density at radius 3 is 2.53 bits per heavy atom. The zero-order valence-corrected chi connectivity index (χ0v) is 11.9. The lowest BCUT2D eigenvalue weighted by atomic mass is 9.76. The van der Waals surface area contributed by atoms with Crippen LogP contribution in [0, 0.1) is 17.2 Å². The molecule has 3 nitrogen and oxygen atoms in total. The second kappa shape index (κ2) is 6.87. The Hall–Kier alpha value is -1.13. The lowest BCUT2D eigenvalue weighted by Crippen LogP contribution is -2.37. The molecule has 1 rings (SSSR count). The molecule has 1 aromatic carbocycles. The van der Waals surface area contributed by atoms with Crippen LogP contribution in [-0.2, 0) is 6.42 Å². The Morgan fingerprint density at radius 2 is 2.11 bits per heavy atom. The predicted octanol–water partition coefficient (Wildman–Crippen LogP) is 2.36. The van der Waals surface area contributed by atoms with Crippen molar-refractivity contribution in [3.8, 4) is 5.75 Å². The van der Waals surface area contributed by atoms with Crippen molar-refractivity contribution >= 4 is 0 Å². The fourth-order valence-electron chi connectivity index (χ4n) is 2.53. The van der Waals surface area contributed by atoms with Gasteiger partial charge in [-0.1, -0.05) is 19.9 Å². The highest BCUT2D eigenvalue weighted by Gasteiger charge is 2.29. The number of benzene rings is 1. The smallest absolute Gasteiger partial charge is 0.165 e. The van der Waals surface area contributed by atoms with Crippen molar-refractivity contribution in [2.75, 3.05) is 20.3 Å². The number of ether oxygens (including phenoxy) is 1. The van der Waals surface area contributed by atoms with E-state index in [1.54, 1.807) is 6.07 Å². The molecule has 0 saturated carbocycles. The summed E-state index contributed by atoms with van der Waals surface area (Å²) in [4.78, 5) is 0. The standard InChI is InChI=1S/C15H24FNO2/c1-11(2)7-15(9-17,10-18)8-12-4-5-14(19-3)13(16)6-12/h4-6,11,18H,7-10,17H2,1-3H3. The van der Waals surface area contributed by atoms with Gasteiger partial charge in [-0.2, -0.15) is 0 Å². The first-order valence-electron chi connectivity index (χ1n) is 6.59. The number of nitrogens with two attached hydrogens (primary N) is 1. The van der Waals surface area contributed by atoms with Crippen LogP contribution in [0.5, 0.6) is 5.75 Å². The summed E-state index contributed by atoms with van der Waals surface area (Å²) in [7, 11) is 1.44. The van der Waals surface area contributed by atoms with Gasteiger partial charge in [-0.25, -0.2) is 4.39 Å². The largest absolute Gasteiger partial charge is 0.494 e. The van der Waals surface area contributed by atoms with E-state index in [-0.39, 0.29) is 23.6 Å². The number of hydrogen-bond acceptors (Lipinski definition) is 3. The molecular weight excluding hydrogens is 245 g/mol. The first-order valence-corrected chi connectivity index (χ1v) is 6.59. The van der Waals surface area contributed by atoms with Gasteiger partial charge < -0.3 is 15.6 Å². The monoisotopic (exact) mass is 269 g/mol. The zero-order chi connectivity index (χ0) is 14.5. The lowest BCUT2D eigenvalue weighted by Gasteiger charge is -2.32. The molecule has 4 heteroatoms. The van der Waals surface area contributed by atoms with Crippen LogP contribution in [0.3, 0.4) is 0 Å². The minimum Gasteiger partial charge on any atom is -0.494 e. The highest BCUT2D eigenvalue weighted by atomic mass is 19.1. The summed E-state index contributed by atoms with van der Waals surface area (Å²) in [6.07, 6.45) is 1.38. The lowest BCUT2D eigenvalue weighted by molar-refractivity contribution is 0.108. The van der Waals surface area contributed by atoms with Gasteiger partial charge in [-0.3, -0.25) is 0 Å². The van der Waals surface area contributed by atoms with Crippen molar-refractivity contribution in [1.82, 2.24) is 0 Å². The Kier molecular flexibility index (Phi) is 5.76. The number of halogens is 1. The molecule has 1 aromatic rings. The van der Waals surface area contributed by atoms with Gasteiger partial charge in [0.05, 0.1) is 13.7 Å². The van der Waals surface area contributed by atoms with Gasteiger partial charge in [-0.15, -0.1) is 0 Å². The zero-order valence-electron chi connectivity index (χ0n) is 11.9. The van der Waals surface area contributed by atoms with Crippen molar-refractivity contribution in [2.24, 2.45) is 17.1 Å². The van der Waals surface area contributed by atoms with Gasteiger partial charge in [0.2, 0.25) is 0 Å². The van der Waals surface area contributed by atoms with E-state index in [9.17, 15) is 9.50 Å². The SMILES string of the molecule is COc1ccc(CC(CN)(CO)CC(C)C)cc1F. The molecule has 1 atom stereocenters. The minimum atomic E-state index is -0.381. The van der Waals surface area contributed by atoms with Crippen molar-refractivity contribution in [3.05, 3.63) is 29.6 Å². The molecule has 108 valence electrons. The second-order valence-electron chi connectivity index (χ2n) is 5.61. The van der Waals surface area contributed by atoms with E-state index in [2.05, 4.69) is 13.8 Å². The van der Waals surface area contributed by atoms with Crippen LogP contribution in [0.2, 0.25) is 0 Å². The maximum atomic E-state index is 13.7. The van der Waals surface area contributed by atoms with Crippen LogP contribution in [0.4, 0.5) is 4.39 Å². The van der Waals surface area contributed by atoms with E-state index >= 15 is 0 Å². The van der Waals surface area contributed by atoms with Crippen molar-refractivity contribution < 1.29 is 14.2 Å². The molecule has 3 N–H and O–H groups in total. The maximum absolute atomic E-state index is 13.7. The van der Waals surface area contributed by atoms with Crippen LogP contribution in [0.1, 0.15) is 25.8 Å². The average Bonchev–Trinajstić information content (AvgIpc) is 2.37. The molecule has 0 spiro atoms. The number of aliphatic hydroxyl groups excluding tert-OH is 1. The molecule has 0 aliphatic rings. The summed E-state index contributed by atoms with van der Waals surface area (Å²) >= 11 is 0. The summed E-state index contributed by atoms with van der Waals surface area (Å²) in [6, 6.07) is 4.89. The molecule has 0 aliphatic heterocycles. The van der Waals surface area contributed by atoms with Gasteiger partial charge in [0.15, 0.2) is 11.6 Å². The van der Waals surface area contributed by atoms with E-state index in [1.165, 1.54) is 13.2 Å². The molecule has 0 aromatic heterocycles. The van der Waals surface area contributed by atoms with Gasteiger partial charge in [-0.05, 0) is 36.5 Å². The molecule has 0 heterocycles. The Morgan fingerprint density at radius 1 is 1.42 bits per heavy atom. The first kappa shape index (κ1) is 15.9. The normalized spacial score (nSPS) is 14.5. The predicted molar refractivity (Wildman–Crippen MR) is 74.7 cm³/mol. The number of methoxy groups -OCH3 is 1. The maximum Gasteiger partial charge on any atom is 0.165 e. The topological polar surface area (TPSA) is 55.5 Å². The van der Waals surface area contributed by atoms with Crippen LogP contribution < -0.4 is 10.5 Å². The summed E-state index contributed by atoms with van der Waals surface area (Å²) in [6.45, 7) is 4.58. The van der Waals surface area contributed by atoms with Gasteiger partial charge in [0.25, 0.3) is 0 Å². The van der Waals surface area contributed by atoms with Gasteiger partial charge >= 0.3 is 0 Å². The third-order valence-electron chi connectivity index (χ3n) is 3.41. The Bertz CT molecular complexity index is 403. The van der Waals surface area contributed by atoms with Crippen molar-refractivity contribution in [1.29, 1.82) is 0 Å². The number of rotatable bonds is 7. The average molecular weight is 269 g/mol. The fraction of sp³-hybridized carbons (Fsp3) is 0.600. The van der Waals surface area contributed by atoms with E-state index in [4.69, 9.17) is 10.5 Å².